The molecule has 4 nitrogen and oxygen atoms in total. The van der Waals surface area contributed by atoms with Gasteiger partial charge in [0.1, 0.15) is 0 Å². The molecule has 1 atom stereocenters. The topological polar surface area (TPSA) is 49.4 Å². The van der Waals surface area contributed by atoms with Crippen molar-refractivity contribution < 1.29 is 9.59 Å². The number of benzene rings is 1. The number of carbonyl (C=O) groups excluding carboxylic acids is 2. The Kier molecular flexibility index (Phi) is 7.38. The van der Waals surface area contributed by atoms with Gasteiger partial charge in [0, 0.05) is 26.1 Å². The Labute approximate surface area is 153 Å². The lowest BCUT2D eigenvalue weighted by molar-refractivity contribution is -0.135. The highest BCUT2D eigenvalue weighted by atomic mass is 35.5. The van der Waals surface area contributed by atoms with Gasteiger partial charge in [0.05, 0.1) is 16.0 Å². The fourth-order valence-electron chi connectivity index (χ4n) is 2.98. The van der Waals surface area contributed by atoms with E-state index in [0.29, 0.717) is 29.6 Å². The summed E-state index contributed by atoms with van der Waals surface area (Å²) in [5.41, 5.74) is 1.11. The summed E-state index contributed by atoms with van der Waals surface area (Å²) < 4.78 is 0. The molecule has 132 valence electrons. The normalized spacial score (nSPS) is 17.6. The fourth-order valence-corrected chi connectivity index (χ4v) is 3.31. The fraction of sp³-hybridized carbons (Fsp3) is 0.556. The number of amides is 2. The number of carbonyl (C=O) groups is 2. The van der Waals surface area contributed by atoms with Crippen molar-refractivity contribution in [1.82, 2.24) is 10.2 Å². The van der Waals surface area contributed by atoms with Crippen molar-refractivity contribution in [2.75, 3.05) is 19.6 Å². The molecular formula is C18H24Cl2N2O2. The summed E-state index contributed by atoms with van der Waals surface area (Å²) in [4.78, 5) is 25.9. The maximum atomic E-state index is 12.3. The molecule has 0 aliphatic carbocycles. The summed E-state index contributed by atoms with van der Waals surface area (Å²) in [6.07, 6.45) is 3.92. The standard InChI is InChI=1S/C18H24Cl2N2O2/c1-2-17(23)22-10-4-6-14(12-22)18(24)21-9-3-5-13-7-8-15(19)16(20)11-13/h7-8,11,14H,2-6,9-10,12H2,1H3,(H,21,24). The highest BCUT2D eigenvalue weighted by Crippen LogP contribution is 2.23. The third kappa shape index (κ3) is 5.38. The van der Waals surface area contributed by atoms with E-state index in [0.717, 1.165) is 37.8 Å². The number of likely N-dealkylation sites (tertiary alicyclic amines) is 1. The predicted octanol–water partition coefficient (Wildman–Crippen LogP) is 3.69. The van der Waals surface area contributed by atoms with Crippen LogP contribution in [0, 0.1) is 5.92 Å². The Hall–Kier alpha value is -1.26. The van der Waals surface area contributed by atoms with Crippen LogP contribution in [0.1, 0.15) is 38.2 Å². The molecule has 6 heteroatoms. The molecule has 24 heavy (non-hydrogen) atoms. The molecule has 1 unspecified atom stereocenters. The molecule has 1 saturated heterocycles. The Morgan fingerprint density at radius 1 is 1.29 bits per heavy atom. The minimum atomic E-state index is -0.0840. The Bertz CT molecular complexity index is 592. The van der Waals surface area contributed by atoms with Crippen LogP contribution < -0.4 is 5.32 Å². The largest absolute Gasteiger partial charge is 0.356 e. The van der Waals surface area contributed by atoms with Gasteiger partial charge >= 0.3 is 0 Å². The van der Waals surface area contributed by atoms with E-state index in [2.05, 4.69) is 5.32 Å². The van der Waals surface area contributed by atoms with Gasteiger partial charge in [-0.15, -0.1) is 0 Å². The number of piperidine rings is 1. The number of rotatable bonds is 6. The van der Waals surface area contributed by atoms with E-state index >= 15 is 0 Å². The second kappa shape index (κ2) is 9.28. The molecule has 1 aromatic rings. The Morgan fingerprint density at radius 3 is 2.79 bits per heavy atom. The summed E-state index contributed by atoms with van der Waals surface area (Å²) in [5.74, 6) is 0.101. The second-order valence-electron chi connectivity index (χ2n) is 6.18. The van der Waals surface area contributed by atoms with Gasteiger partial charge in [-0.05, 0) is 43.4 Å². The molecule has 0 aromatic heterocycles. The number of hydrogen-bond acceptors (Lipinski definition) is 2. The highest BCUT2D eigenvalue weighted by molar-refractivity contribution is 6.42. The zero-order valence-corrected chi connectivity index (χ0v) is 15.5. The lowest BCUT2D eigenvalue weighted by Crippen LogP contribution is -2.45. The molecule has 1 heterocycles. The van der Waals surface area contributed by atoms with Crippen LogP contribution in [0.2, 0.25) is 10.0 Å². The van der Waals surface area contributed by atoms with Gasteiger partial charge in [-0.2, -0.15) is 0 Å². The lowest BCUT2D eigenvalue weighted by atomic mass is 9.97. The maximum Gasteiger partial charge on any atom is 0.224 e. The first-order chi connectivity index (χ1) is 11.5. The molecule has 1 N–H and O–H groups in total. The van der Waals surface area contributed by atoms with Crippen molar-refractivity contribution in [3.8, 4) is 0 Å². The summed E-state index contributed by atoms with van der Waals surface area (Å²) >= 11 is 11.9. The second-order valence-corrected chi connectivity index (χ2v) is 6.99. The SMILES string of the molecule is CCC(=O)N1CCCC(C(=O)NCCCc2ccc(Cl)c(Cl)c2)C1. The minimum Gasteiger partial charge on any atom is -0.356 e. The van der Waals surface area contributed by atoms with Crippen LogP contribution in [-0.2, 0) is 16.0 Å². The summed E-state index contributed by atoms with van der Waals surface area (Å²) in [6.45, 7) is 3.80. The summed E-state index contributed by atoms with van der Waals surface area (Å²) in [6, 6.07) is 5.60. The average Bonchev–Trinajstić information content (AvgIpc) is 2.60. The van der Waals surface area contributed by atoms with Gasteiger partial charge in [0.15, 0.2) is 0 Å². The number of nitrogens with zero attached hydrogens (tertiary/aromatic N) is 1. The van der Waals surface area contributed by atoms with Gasteiger partial charge in [-0.1, -0.05) is 36.2 Å². The highest BCUT2D eigenvalue weighted by Gasteiger charge is 2.27. The third-order valence-electron chi connectivity index (χ3n) is 4.37. The molecule has 0 spiro atoms. The summed E-state index contributed by atoms with van der Waals surface area (Å²) in [7, 11) is 0. The minimum absolute atomic E-state index is 0.0535. The van der Waals surface area contributed by atoms with E-state index in [1.54, 1.807) is 6.07 Å². The molecule has 1 aliphatic heterocycles. The predicted molar refractivity (Wildman–Crippen MR) is 97.4 cm³/mol. The first-order valence-corrected chi connectivity index (χ1v) is 9.26. The van der Waals surface area contributed by atoms with Gasteiger partial charge in [0.25, 0.3) is 0 Å². The zero-order valence-electron chi connectivity index (χ0n) is 14.0. The molecule has 1 aliphatic rings. The number of hydrogen-bond donors (Lipinski definition) is 1. The molecule has 2 amide bonds. The first-order valence-electron chi connectivity index (χ1n) is 8.50. The molecule has 0 radical (unpaired) electrons. The molecule has 1 fully saturated rings. The van der Waals surface area contributed by atoms with Gasteiger partial charge in [-0.3, -0.25) is 9.59 Å². The monoisotopic (exact) mass is 370 g/mol. The average molecular weight is 371 g/mol. The van der Waals surface area contributed by atoms with Crippen LogP contribution in [0.15, 0.2) is 18.2 Å². The van der Waals surface area contributed by atoms with Crippen molar-refractivity contribution in [2.24, 2.45) is 5.92 Å². The molecule has 0 bridgehead atoms. The molecule has 0 saturated carbocycles. The van der Waals surface area contributed by atoms with Crippen LogP contribution in [0.4, 0.5) is 0 Å². The third-order valence-corrected chi connectivity index (χ3v) is 5.11. The van der Waals surface area contributed by atoms with E-state index in [1.807, 2.05) is 24.0 Å². The van der Waals surface area contributed by atoms with E-state index in [-0.39, 0.29) is 17.7 Å². The van der Waals surface area contributed by atoms with E-state index in [9.17, 15) is 9.59 Å². The number of aryl methyl sites for hydroxylation is 1. The Balaban J connectivity index is 1.72. The first kappa shape index (κ1) is 19.1. The smallest absolute Gasteiger partial charge is 0.224 e. The van der Waals surface area contributed by atoms with Crippen molar-refractivity contribution in [2.45, 2.75) is 39.0 Å². The maximum absolute atomic E-state index is 12.3. The van der Waals surface area contributed by atoms with Crippen LogP contribution >= 0.6 is 23.2 Å². The van der Waals surface area contributed by atoms with Crippen molar-refractivity contribution in [1.29, 1.82) is 0 Å². The quantitative estimate of drug-likeness (QED) is 0.776. The number of halogens is 2. The van der Waals surface area contributed by atoms with Crippen molar-refractivity contribution in [3.63, 3.8) is 0 Å². The Morgan fingerprint density at radius 2 is 2.08 bits per heavy atom. The van der Waals surface area contributed by atoms with Gasteiger partial charge < -0.3 is 10.2 Å². The van der Waals surface area contributed by atoms with Crippen molar-refractivity contribution >= 4 is 35.0 Å². The van der Waals surface area contributed by atoms with Gasteiger partial charge in [0.2, 0.25) is 11.8 Å². The van der Waals surface area contributed by atoms with Crippen LogP contribution in [0.25, 0.3) is 0 Å². The molecule has 1 aromatic carbocycles. The molecule has 2 rings (SSSR count). The van der Waals surface area contributed by atoms with Crippen molar-refractivity contribution in [3.05, 3.63) is 33.8 Å². The van der Waals surface area contributed by atoms with Crippen LogP contribution in [-0.4, -0.2) is 36.3 Å². The van der Waals surface area contributed by atoms with Crippen LogP contribution in [0.5, 0.6) is 0 Å². The van der Waals surface area contributed by atoms with Crippen LogP contribution in [0.3, 0.4) is 0 Å². The molecular weight excluding hydrogens is 347 g/mol. The van der Waals surface area contributed by atoms with Gasteiger partial charge in [-0.25, -0.2) is 0 Å². The lowest BCUT2D eigenvalue weighted by Gasteiger charge is -2.31. The number of nitrogens with one attached hydrogen (secondary N) is 1. The van der Waals surface area contributed by atoms with E-state index < -0.39 is 0 Å². The van der Waals surface area contributed by atoms with E-state index in [4.69, 9.17) is 23.2 Å². The summed E-state index contributed by atoms with van der Waals surface area (Å²) in [5, 5.41) is 4.10. The van der Waals surface area contributed by atoms with E-state index in [1.165, 1.54) is 0 Å². The zero-order chi connectivity index (χ0) is 17.5.